The molecule has 5 nitrogen and oxygen atoms in total. The third kappa shape index (κ3) is 4.05. The molecule has 7 heteroatoms. The van der Waals surface area contributed by atoms with Crippen LogP contribution in [0.1, 0.15) is 37.7 Å². The molecule has 3 rings (SSSR count). The van der Waals surface area contributed by atoms with E-state index in [9.17, 15) is 9.18 Å². The van der Waals surface area contributed by atoms with Gasteiger partial charge >= 0.3 is 5.97 Å². The summed E-state index contributed by atoms with van der Waals surface area (Å²) >= 11 is 6.20. The Labute approximate surface area is 145 Å². The van der Waals surface area contributed by atoms with Crippen molar-refractivity contribution < 1.29 is 14.3 Å². The van der Waals surface area contributed by atoms with Crippen molar-refractivity contribution in [3.63, 3.8) is 0 Å². The van der Waals surface area contributed by atoms with Crippen molar-refractivity contribution in [3.05, 3.63) is 28.7 Å². The quantitative estimate of drug-likeness (QED) is 0.792. The molecule has 1 saturated heterocycles. The molecular weight excluding hydrogens is 333 g/mol. The molecule has 1 aliphatic carbocycles. The van der Waals surface area contributed by atoms with Crippen LogP contribution in [0, 0.1) is 0 Å². The Balaban J connectivity index is 1.61. The number of halogens is 2. The maximum absolute atomic E-state index is 13.1. The predicted octanol–water partition coefficient (Wildman–Crippen LogP) is 3.56. The lowest BCUT2D eigenvalue weighted by molar-refractivity contribution is -0.134. The molecule has 1 aromatic heterocycles. The Morgan fingerprint density at radius 3 is 2.83 bits per heavy atom. The molecule has 0 aromatic carbocycles. The van der Waals surface area contributed by atoms with Crippen molar-refractivity contribution in [3.8, 4) is 0 Å². The topological polar surface area (TPSA) is 65.5 Å². The summed E-state index contributed by atoms with van der Waals surface area (Å²) in [7, 11) is 0. The monoisotopic (exact) mass is 353 g/mol. The van der Waals surface area contributed by atoms with E-state index in [0.717, 1.165) is 25.6 Å². The number of nitrogens with zero attached hydrogens (tertiary/aromatic N) is 2. The van der Waals surface area contributed by atoms with E-state index in [1.54, 1.807) is 0 Å². The molecular formula is C17H21ClFN3O2. The lowest BCUT2D eigenvalue weighted by Gasteiger charge is -2.23. The second-order valence-corrected chi connectivity index (χ2v) is 6.87. The first-order chi connectivity index (χ1) is 11.5. The zero-order chi connectivity index (χ0) is 17.1. The van der Waals surface area contributed by atoms with Gasteiger partial charge in [0.25, 0.3) is 0 Å². The summed E-state index contributed by atoms with van der Waals surface area (Å²) in [5, 5.41) is 12.3. The molecule has 0 bridgehead atoms. The molecule has 24 heavy (non-hydrogen) atoms. The van der Waals surface area contributed by atoms with Crippen molar-refractivity contribution in [2.45, 2.75) is 44.2 Å². The molecule has 0 radical (unpaired) electrons. The fourth-order valence-electron chi connectivity index (χ4n) is 3.55. The number of hydrogen-bond acceptors (Lipinski definition) is 4. The van der Waals surface area contributed by atoms with E-state index in [4.69, 9.17) is 16.7 Å². The highest BCUT2D eigenvalue weighted by Crippen LogP contribution is 2.29. The molecule has 1 saturated carbocycles. The minimum absolute atomic E-state index is 0.299. The molecule has 1 aromatic rings. The molecule has 2 N–H and O–H groups in total. The van der Waals surface area contributed by atoms with Crippen LogP contribution in [0.25, 0.3) is 6.08 Å². The van der Waals surface area contributed by atoms with Gasteiger partial charge in [-0.3, -0.25) is 4.90 Å². The second kappa shape index (κ2) is 7.49. The number of carbonyl (C=O) groups is 1. The number of aliphatic carboxylic acids is 1. The van der Waals surface area contributed by atoms with Gasteiger partial charge in [0.1, 0.15) is 5.82 Å². The van der Waals surface area contributed by atoms with Crippen LogP contribution in [0.4, 0.5) is 10.2 Å². The van der Waals surface area contributed by atoms with Crippen LogP contribution >= 0.6 is 11.6 Å². The SMILES string of the molecule is O=C(O)/C(F)=C\c1cnc(N[C@@H]2CCN(C3CCCC3)C2)c(Cl)c1. The number of anilines is 1. The van der Waals surface area contributed by atoms with Crippen LogP contribution in [-0.4, -0.2) is 46.1 Å². The van der Waals surface area contributed by atoms with E-state index in [0.29, 0.717) is 28.5 Å². The van der Waals surface area contributed by atoms with Gasteiger partial charge in [0.2, 0.25) is 5.83 Å². The number of carboxylic acid groups (broad SMARTS) is 1. The van der Waals surface area contributed by atoms with Gasteiger partial charge in [-0.2, -0.15) is 4.39 Å². The Kier molecular flexibility index (Phi) is 5.36. The van der Waals surface area contributed by atoms with E-state index in [1.807, 2.05) is 0 Å². The van der Waals surface area contributed by atoms with Crippen LogP contribution in [0.5, 0.6) is 0 Å². The van der Waals surface area contributed by atoms with Gasteiger partial charge in [-0.25, -0.2) is 9.78 Å². The maximum atomic E-state index is 13.1. The van der Waals surface area contributed by atoms with Gasteiger partial charge in [0, 0.05) is 31.4 Å². The van der Waals surface area contributed by atoms with Crippen LogP contribution in [0.2, 0.25) is 5.02 Å². The van der Waals surface area contributed by atoms with E-state index in [-0.39, 0.29) is 0 Å². The van der Waals surface area contributed by atoms with E-state index in [2.05, 4.69) is 15.2 Å². The molecule has 2 heterocycles. The first kappa shape index (κ1) is 17.2. The smallest absolute Gasteiger partial charge is 0.364 e. The van der Waals surface area contributed by atoms with Crippen molar-refractivity contribution in [2.24, 2.45) is 0 Å². The summed E-state index contributed by atoms with van der Waals surface area (Å²) < 4.78 is 13.1. The van der Waals surface area contributed by atoms with Gasteiger partial charge in [-0.1, -0.05) is 24.4 Å². The fraction of sp³-hybridized carbons (Fsp3) is 0.529. The Bertz CT molecular complexity index is 647. The first-order valence-corrected chi connectivity index (χ1v) is 8.67. The van der Waals surface area contributed by atoms with Gasteiger partial charge in [-0.05, 0) is 37.0 Å². The summed E-state index contributed by atoms with van der Waals surface area (Å²) in [6.07, 6.45) is 8.61. The van der Waals surface area contributed by atoms with Crippen LogP contribution in [0.15, 0.2) is 18.1 Å². The number of aromatic nitrogens is 1. The average Bonchev–Trinajstić information content (AvgIpc) is 3.21. The van der Waals surface area contributed by atoms with Crippen LogP contribution in [-0.2, 0) is 4.79 Å². The van der Waals surface area contributed by atoms with Crippen molar-refractivity contribution in [2.75, 3.05) is 18.4 Å². The third-order valence-electron chi connectivity index (χ3n) is 4.76. The van der Waals surface area contributed by atoms with Gasteiger partial charge in [-0.15, -0.1) is 0 Å². The second-order valence-electron chi connectivity index (χ2n) is 6.46. The summed E-state index contributed by atoms with van der Waals surface area (Å²) in [6, 6.07) is 2.53. The molecule has 2 fully saturated rings. The molecule has 1 atom stereocenters. The summed E-state index contributed by atoms with van der Waals surface area (Å²) in [5.41, 5.74) is 0.324. The Hall–Kier alpha value is -1.66. The van der Waals surface area contributed by atoms with Crippen LogP contribution in [0.3, 0.4) is 0 Å². The van der Waals surface area contributed by atoms with Crippen molar-refractivity contribution >= 4 is 29.5 Å². The normalized spacial score (nSPS) is 22.9. The van der Waals surface area contributed by atoms with E-state index < -0.39 is 11.8 Å². The zero-order valence-electron chi connectivity index (χ0n) is 13.3. The highest BCUT2D eigenvalue weighted by molar-refractivity contribution is 6.33. The lowest BCUT2D eigenvalue weighted by atomic mass is 10.2. The standard InChI is InChI=1S/C17H21ClFN3O2/c18-14-7-11(8-15(19)17(23)24)9-20-16(14)21-12-5-6-22(10-12)13-3-1-2-4-13/h7-9,12-13H,1-6,10H2,(H,20,21)(H,23,24)/b15-8+/t12-/m1/s1. The first-order valence-electron chi connectivity index (χ1n) is 8.29. The summed E-state index contributed by atoms with van der Waals surface area (Å²) in [4.78, 5) is 17.3. The number of carboxylic acids is 1. The minimum Gasteiger partial charge on any atom is -0.476 e. The predicted molar refractivity (Wildman–Crippen MR) is 91.8 cm³/mol. The summed E-state index contributed by atoms with van der Waals surface area (Å²) in [5.74, 6) is -2.29. The molecule has 0 unspecified atom stereocenters. The van der Waals surface area contributed by atoms with E-state index >= 15 is 0 Å². The van der Waals surface area contributed by atoms with Crippen molar-refractivity contribution in [1.82, 2.24) is 9.88 Å². The maximum Gasteiger partial charge on any atom is 0.364 e. The Morgan fingerprint density at radius 2 is 2.17 bits per heavy atom. The number of rotatable bonds is 5. The van der Waals surface area contributed by atoms with Gasteiger partial charge < -0.3 is 10.4 Å². The average molecular weight is 354 g/mol. The Morgan fingerprint density at radius 1 is 1.42 bits per heavy atom. The summed E-state index contributed by atoms with van der Waals surface area (Å²) in [6.45, 7) is 2.07. The van der Waals surface area contributed by atoms with Gasteiger partial charge in [0.05, 0.1) is 5.02 Å². The lowest BCUT2D eigenvalue weighted by Crippen LogP contribution is -2.33. The van der Waals surface area contributed by atoms with Crippen molar-refractivity contribution in [1.29, 1.82) is 0 Å². The minimum atomic E-state index is -1.61. The third-order valence-corrected chi connectivity index (χ3v) is 5.05. The molecule has 2 aliphatic rings. The number of likely N-dealkylation sites (tertiary alicyclic amines) is 1. The number of hydrogen-bond donors (Lipinski definition) is 2. The van der Waals surface area contributed by atoms with Crippen LogP contribution < -0.4 is 5.32 Å². The zero-order valence-corrected chi connectivity index (χ0v) is 14.1. The van der Waals surface area contributed by atoms with Gasteiger partial charge in [0.15, 0.2) is 0 Å². The number of nitrogens with one attached hydrogen (secondary N) is 1. The highest BCUT2D eigenvalue weighted by Gasteiger charge is 2.30. The number of pyridine rings is 1. The molecule has 0 amide bonds. The fourth-order valence-corrected chi connectivity index (χ4v) is 3.77. The highest BCUT2D eigenvalue weighted by atomic mass is 35.5. The van der Waals surface area contributed by atoms with E-state index in [1.165, 1.54) is 37.9 Å². The molecule has 130 valence electrons. The largest absolute Gasteiger partial charge is 0.476 e. The molecule has 1 aliphatic heterocycles. The molecule has 0 spiro atoms.